The molecule has 1 rings (SSSR count). The third kappa shape index (κ3) is 4.71. The van der Waals surface area contributed by atoms with Crippen molar-refractivity contribution < 1.29 is 14.3 Å². The Balaban J connectivity index is 2.40. The number of hydrogen-bond donors (Lipinski definition) is 3. The van der Waals surface area contributed by atoms with E-state index in [1.165, 1.54) is 0 Å². The number of carbonyl (C=O) groups is 1. The van der Waals surface area contributed by atoms with Gasteiger partial charge in [0.05, 0.1) is 13.2 Å². The fraction of sp³-hybridized carbons (Fsp3) is 0.462. The summed E-state index contributed by atoms with van der Waals surface area (Å²) < 4.78 is 11.8. The number of carbonyl (C=O) groups excluding carboxylic acids is 1. The van der Waals surface area contributed by atoms with Crippen LogP contribution in [-0.4, -0.2) is 30.9 Å². The van der Waals surface area contributed by atoms with E-state index in [9.17, 15) is 14.3 Å². The molecule has 0 radical (unpaired) electrons. The summed E-state index contributed by atoms with van der Waals surface area (Å²) in [5.41, 5.74) is -0.396. The highest BCUT2D eigenvalue weighted by Crippen LogP contribution is 2.18. The van der Waals surface area contributed by atoms with Gasteiger partial charge in [-0.15, -0.1) is 0 Å². The average molecular weight is 254 g/mol. The van der Waals surface area contributed by atoms with Crippen LogP contribution >= 0.6 is 0 Å². The van der Waals surface area contributed by atoms with E-state index in [0.29, 0.717) is 6.42 Å². The van der Waals surface area contributed by atoms with Gasteiger partial charge in [-0.25, -0.2) is 4.79 Å². The van der Waals surface area contributed by atoms with E-state index in [1.807, 2.05) is 18.2 Å². The molecular formula is C13H19FN2O2. The molecule has 2 amide bonds. The van der Waals surface area contributed by atoms with Gasteiger partial charge < -0.3 is 15.7 Å². The van der Waals surface area contributed by atoms with E-state index >= 15 is 0 Å². The largest absolute Gasteiger partial charge is 0.384 e. The minimum Gasteiger partial charge on any atom is -0.384 e. The Kier molecular flexibility index (Phi) is 5.58. The lowest BCUT2D eigenvalue weighted by Crippen LogP contribution is -2.43. The second-order valence-corrected chi connectivity index (χ2v) is 4.29. The first kappa shape index (κ1) is 14.4. The van der Waals surface area contributed by atoms with Crippen molar-refractivity contribution in [3.8, 4) is 0 Å². The van der Waals surface area contributed by atoms with E-state index in [2.05, 4.69) is 10.6 Å². The van der Waals surface area contributed by atoms with Crippen LogP contribution in [0.5, 0.6) is 0 Å². The molecule has 0 fully saturated rings. The minimum atomic E-state index is -1.13. The molecule has 0 spiro atoms. The Labute approximate surface area is 106 Å². The first-order chi connectivity index (χ1) is 8.56. The highest BCUT2D eigenvalue weighted by Gasteiger charge is 2.23. The third-order valence-electron chi connectivity index (χ3n) is 2.58. The Bertz CT molecular complexity index is 369. The van der Waals surface area contributed by atoms with Crippen molar-refractivity contribution in [2.45, 2.75) is 18.9 Å². The van der Waals surface area contributed by atoms with E-state index in [-0.39, 0.29) is 13.1 Å². The van der Waals surface area contributed by atoms with Crippen LogP contribution in [0, 0.1) is 0 Å². The summed E-state index contributed by atoms with van der Waals surface area (Å²) in [6, 6.07) is 8.69. The average Bonchev–Trinajstić information content (AvgIpc) is 2.38. The maximum absolute atomic E-state index is 11.8. The fourth-order valence-electron chi connectivity index (χ4n) is 1.48. The molecular weight excluding hydrogens is 235 g/mol. The quantitative estimate of drug-likeness (QED) is 0.675. The molecule has 0 saturated heterocycles. The Morgan fingerprint density at radius 2 is 2.00 bits per heavy atom. The van der Waals surface area contributed by atoms with Crippen molar-refractivity contribution in [1.29, 1.82) is 0 Å². The number of aliphatic hydroxyl groups is 1. The molecule has 0 aliphatic carbocycles. The van der Waals surface area contributed by atoms with Gasteiger partial charge in [0.25, 0.3) is 0 Å². The monoisotopic (exact) mass is 254 g/mol. The number of nitrogens with one attached hydrogen (secondary N) is 2. The van der Waals surface area contributed by atoms with Crippen molar-refractivity contribution in [3.05, 3.63) is 35.9 Å². The minimum absolute atomic E-state index is 0.0957. The molecule has 3 N–H and O–H groups in total. The van der Waals surface area contributed by atoms with Crippen molar-refractivity contribution in [2.24, 2.45) is 0 Å². The van der Waals surface area contributed by atoms with Gasteiger partial charge in [-0.2, -0.15) is 0 Å². The smallest absolute Gasteiger partial charge is 0.314 e. The lowest BCUT2D eigenvalue weighted by atomic mass is 9.96. The number of urea groups is 1. The lowest BCUT2D eigenvalue weighted by Gasteiger charge is -2.24. The molecule has 0 aromatic heterocycles. The highest BCUT2D eigenvalue weighted by atomic mass is 19.1. The van der Waals surface area contributed by atoms with Gasteiger partial charge in [0, 0.05) is 6.54 Å². The molecule has 1 aromatic carbocycles. The van der Waals surface area contributed by atoms with E-state index in [0.717, 1.165) is 5.56 Å². The predicted molar refractivity (Wildman–Crippen MR) is 68.0 cm³/mol. The van der Waals surface area contributed by atoms with Crippen molar-refractivity contribution in [1.82, 2.24) is 10.6 Å². The molecule has 0 bridgehead atoms. The molecule has 100 valence electrons. The normalized spacial score (nSPS) is 13.7. The molecule has 5 heteroatoms. The number of benzene rings is 1. The Morgan fingerprint density at radius 3 is 2.61 bits per heavy atom. The molecule has 0 heterocycles. The summed E-state index contributed by atoms with van der Waals surface area (Å²) in [5, 5.41) is 15.3. The van der Waals surface area contributed by atoms with Crippen molar-refractivity contribution in [2.75, 3.05) is 19.8 Å². The van der Waals surface area contributed by atoms with Gasteiger partial charge >= 0.3 is 6.03 Å². The van der Waals surface area contributed by atoms with Gasteiger partial charge in [-0.05, 0) is 18.9 Å². The van der Waals surface area contributed by atoms with Crippen LogP contribution in [0.25, 0.3) is 0 Å². The molecule has 1 atom stereocenters. The van der Waals surface area contributed by atoms with Gasteiger partial charge in [0.2, 0.25) is 0 Å². The molecule has 18 heavy (non-hydrogen) atoms. The molecule has 0 aliphatic rings. The van der Waals surface area contributed by atoms with Crippen LogP contribution in [0.15, 0.2) is 30.3 Å². The molecule has 1 aromatic rings. The summed E-state index contributed by atoms with van der Waals surface area (Å²) in [4.78, 5) is 11.3. The zero-order valence-electron chi connectivity index (χ0n) is 10.4. The van der Waals surface area contributed by atoms with Crippen molar-refractivity contribution in [3.63, 3.8) is 0 Å². The molecule has 1 unspecified atom stereocenters. The summed E-state index contributed by atoms with van der Waals surface area (Å²) >= 11 is 0. The number of alkyl halides is 1. The topological polar surface area (TPSA) is 61.4 Å². The molecule has 0 saturated carbocycles. The Hall–Kier alpha value is -1.62. The number of rotatable bonds is 6. The van der Waals surface area contributed by atoms with Gasteiger partial charge in [0.15, 0.2) is 0 Å². The number of amides is 2. The third-order valence-corrected chi connectivity index (χ3v) is 2.58. The molecule has 4 nitrogen and oxygen atoms in total. The maximum atomic E-state index is 11.8. The van der Waals surface area contributed by atoms with Crippen LogP contribution < -0.4 is 10.6 Å². The van der Waals surface area contributed by atoms with E-state index < -0.39 is 18.3 Å². The van der Waals surface area contributed by atoms with Crippen LogP contribution in [-0.2, 0) is 5.60 Å². The second-order valence-electron chi connectivity index (χ2n) is 4.29. The summed E-state index contributed by atoms with van der Waals surface area (Å²) in [7, 11) is 0. The first-order valence-electron chi connectivity index (χ1n) is 5.92. The summed E-state index contributed by atoms with van der Waals surface area (Å²) in [6.07, 6.45) is 0.294. The first-order valence-corrected chi connectivity index (χ1v) is 5.92. The SMILES string of the molecule is CC(O)(CNC(=O)NCCCF)c1ccccc1. The zero-order valence-corrected chi connectivity index (χ0v) is 10.4. The van der Waals surface area contributed by atoms with Crippen LogP contribution in [0.4, 0.5) is 9.18 Å². The second kappa shape index (κ2) is 6.96. The van der Waals surface area contributed by atoms with Crippen LogP contribution in [0.1, 0.15) is 18.9 Å². The highest BCUT2D eigenvalue weighted by molar-refractivity contribution is 5.73. The Morgan fingerprint density at radius 1 is 1.33 bits per heavy atom. The fourth-order valence-corrected chi connectivity index (χ4v) is 1.48. The predicted octanol–water partition coefficient (Wildman–Crippen LogP) is 1.55. The standard InChI is InChI=1S/C13H19FN2O2/c1-13(18,11-6-3-2-4-7-11)10-16-12(17)15-9-5-8-14/h2-4,6-7,18H,5,8-10H2,1H3,(H2,15,16,17). The van der Waals surface area contributed by atoms with Gasteiger partial charge in [0.1, 0.15) is 5.60 Å². The van der Waals surface area contributed by atoms with Gasteiger partial charge in [-0.3, -0.25) is 4.39 Å². The number of halogens is 1. The summed E-state index contributed by atoms with van der Waals surface area (Å²) in [6.45, 7) is 1.56. The van der Waals surface area contributed by atoms with E-state index in [1.54, 1.807) is 19.1 Å². The van der Waals surface area contributed by atoms with E-state index in [4.69, 9.17) is 0 Å². The van der Waals surface area contributed by atoms with Crippen LogP contribution in [0.3, 0.4) is 0 Å². The molecule has 0 aliphatic heterocycles. The lowest BCUT2D eigenvalue weighted by molar-refractivity contribution is 0.0594. The zero-order chi connectivity index (χ0) is 13.4. The summed E-state index contributed by atoms with van der Waals surface area (Å²) in [5.74, 6) is 0. The number of hydrogen-bond acceptors (Lipinski definition) is 2. The van der Waals surface area contributed by atoms with Gasteiger partial charge in [-0.1, -0.05) is 30.3 Å². The maximum Gasteiger partial charge on any atom is 0.314 e. The van der Waals surface area contributed by atoms with Crippen LogP contribution in [0.2, 0.25) is 0 Å². The van der Waals surface area contributed by atoms with Crippen molar-refractivity contribution >= 4 is 6.03 Å².